The number of anilines is 1. The molecular formula is C21H27N3O5. The van der Waals surface area contributed by atoms with E-state index in [9.17, 15) is 14.4 Å². The van der Waals surface area contributed by atoms with Gasteiger partial charge in [0.2, 0.25) is 17.7 Å². The Labute approximate surface area is 169 Å². The zero-order chi connectivity index (χ0) is 21.0. The minimum atomic E-state index is -0.655. The molecule has 29 heavy (non-hydrogen) atoms. The fourth-order valence-corrected chi connectivity index (χ4v) is 4.90. The van der Waals surface area contributed by atoms with E-state index in [1.54, 1.807) is 4.90 Å². The van der Waals surface area contributed by atoms with Crippen LogP contribution in [-0.2, 0) is 24.6 Å². The Balaban J connectivity index is 0.000000755. The van der Waals surface area contributed by atoms with Crippen LogP contribution < -0.4 is 5.32 Å². The SMILES string of the molecule is CCC[C@@H]1N(C(=O)CN2CCCC2=O)CC[C@@]12C(=O)Nc1ccccc12.O=CO. The molecule has 0 radical (unpaired) electrons. The topological polar surface area (TPSA) is 107 Å². The largest absolute Gasteiger partial charge is 0.483 e. The summed E-state index contributed by atoms with van der Waals surface area (Å²) >= 11 is 0. The van der Waals surface area contributed by atoms with E-state index in [1.165, 1.54) is 0 Å². The summed E-state index contributed by atoms with van der Waals surface area (Å²) in [5.41, 5.74) is 1.22. The number of amides is 3. The molecule has 0 aliphatic carbocycles. The monoisotopic (exact) mass is 401 g/mol. The molecule has 2 fully saturated rings. The van der Waals surface area contributed by atoms with Crippen molar-refractivity contribution in [2.75, 3.05) is 25.0 Å². The number of carbonyl (C=O) groups excluding carboxylic acids is 3. The Bertz CT molecular complexity index is 811. The molecule has 0 unspecified atom stereocenters. The van der Waals surface area contributed by atoms with Crippen LogP contribution in [0, 0.1) is 0 Å². The lowest BCUT2D eigenvalue weighted by Crippen LogP contribution is -2.50. The highest BCUT2D eigenvalue weighted by molar-refractivity contribution is 6.07. The number of carbonyl (C=O) groups is 4. The molecule has 3 heterocycles. The molecule has 2 saturated heterocycles. The van der Waals surface area contributed by atoms with E-state index in [4.69, 9.17) is 9.90 Å². The quantitative estimate of drug-likeness (QED) is 0.746. The van der Waals surface area contributed by atoms with Gasteiger partial charge < -0.3 is 20.2 Å². The van der Waals surface area contributed by atoms with Crippen LogP contribution in [0.1, 0.15) is 44.6 Å². The van der Waals surface area contributed by atoms with Gasteiger partial charge in [-0.15, -0.1) is 0 Å². The summed E-state index contributed by atoms with van der Waals surface area (Å²) in [6.07, 6.45) is 3.67. The molecule has 3 amide bonds. The van der Waals surface area contributed by atoms with Gasteiger partial charge in [0, 0.05) is 25.2 Å². The van der Waals surface area contributed by atoms with Crippen LogP contribution in [0.2, 0.25) is 0 Å². The van der Waals surface area contributed by atoms with Gasteiger partial charge in [-0.05, 0) is 30.9 Å². The van der Waals surface area contributed by atoms with Gasteiger partial charge in [0.25, 0.3) is 6.47 Å². The number of fused-ring (bicyclic) bond motifs is 2. The van der Waals surface area contributed by atoms with E-state index in [2.05, 4.69) is 12.2 Å². The highest BCUT2D eigenvalue weighted by Gasteiger charge is 2.58. The van der Waals surface area contributed by atoms with E-state index in [0.29, 0.717) is 25.9 Å². The Morgan fingerprint density at radius 3 is 2.69 bits per heavy atom. The van der Waals surface area contributed by atoms with Crippen molar-refractivity contribution < 1.29 is 24.3 Å². The number of nitrogens with zero attached hydrogens (tertiary/aromatic N) is 2. The number of rotatable bonds is 4. The van der Waals surface area contributed by atoms with E-state index in [-0.39, 0.29) is 36.8 Å². The number of hydrogen-bond acceptors (Lipinski definition) is 4. The first-order chi connectivity index (χ1) is 14.0. The van der Waals surface area contributed by atoms with Crippen molar-refractivity contribution in [2.45, 2.75) is 50.5 Å². The van der Waals surface area contributed by atoms with Crippen LogP contribution in [0.3, 0.4) is 0 Å². The molecule has 3 aliphatic heterocycles. The van der Waals surface area contributed by atoms with Gasteiger partial charge >= 0.3 is 0 Å². The molecule has 1 aromatic carbocycles. The predicted molar refractivity (Wildman–Crippen MR) is 106 cm³/mol. The Hall–Kier alpha value is -2.90. The smallest absolute Gasteiger partial charge is 0.290 e. The fraction of sp³-hybridized carbons (Fsp3) is 0.524. The average Bonchev–Trinajstić information content (AvgIpc) is 3.35. The number of carboxylic acid groups (broad SMARTS) is 1. The molecule has 0 saturated carbocycles. The molecule has 1 aromatic rings. The average molecular weight is 401 g/mol. The number of likely N-dealkylation sites (tertiary alicyclic amines) is 2. The maximum Gasteiger partial charge on any atom is 0.290 e. The summed E-state index contributed by atoms with van der Waals surface area (Å²) in [6.45, 7) is 3.19. The predicted octanol–water partition coefficient (Wildman–Crippen LogP) is 1.60. The molecule has 1 spiro atoms. The van der Waals surface area contributed by atoms with Crippen molar-refractivity contribution in [3.05, 3.63) is 29.8 Å². The van der Waals surface area contributed by atoms with Gasteiger partial charge in [-0.3, -0.25) is 19.2 Å². The van der Waals surface area contributed by atoms with Crippen LogP contribution in [0.5, 0.6) is 0 Å². The third-order valence-electron chi connectivity index (χ3n) is 6.13. The highest BCUT2D eigenvalue weighted by Crippen LogP contribution is 2.49. The van der Waals surface area contributed by atoms with Crippen molar-refractivity contribution in [3.63, 3.8) is 0 Å². The van der Waals surface area contributed by atoms with Crippen LogP contribution in [-0.4, -0.2) is 64.8 Å². The van der Waals surface area contributed by atoms with Gasteiger partial charge in [0.15, 0.2) is 0 Å². The summed E-state index contributed by atoms with van der Waals surface area (Å²) in [4.78, 5) is 49.7. The van der Waals surface area contributed by atoms with E-state index >= 15 is 0 Å². The summed E-state index contributed by atoms with van der Waals surface area (Å²) in [5.74, 6) is 0.0284. The fourth-order valence-electron chi connectivity index (χ4n) is 4.90. The van der Waals surface area contributed by atoms with Crippen molar-refractivity contribution in [3.8, 4) is 0 Å². The second kappa shape index (κ2) is 8.63. The van der Waals surface area contributed by atoms with Crippen LogP contribution in [0.15, 0.2) is 24.3 Å². The molecule has 4 rings (SSSR count). The summed E-state index contributed by atoms with van der Waals surface area (Å²) in [5, 5.41) is 9.91. The summed E-state index contributed by atoms with van der Waals surface area (Å²) in [7, 11) is 0. The van der Waals surface area contributed by atoms with Crippen LogP contribution in [0.4, 0.5) is 5.69 Å². The molecule has 2 N–H and O–H groups in total. The van der Waals surface area contributed by atoms with Crippen molar-refractivity contribution in [1.29, 1.82) is 0 Å². The zero-order valence-corrected chi connectivity index (χ0v) is 16.6. The van der Waals surface area contributed by atoms with Gasteiger partial charge in [-0.2, -0.15) is 0 Å². The van der Waals surface area contributed by atoms with Crippen molar-refractivity contribution in [1.82, 2.24) is 9.80 Å². The van der Waals surface area contributed by atoms with E-state index in [0.717, 1.165) is 30.5 Å². The first-order valence-corrected chi connectivity index (χ1v) is 10.1. The lowest BCUT2D eigenvalue weighted by molar-refractivity contribution is -0.139. The van der Waals surface area contributed by atoms with E-state index < -0.39 is 5.41 Å². The summed E-state index contributed by atoms with van der Waals surface area (Å²) in [6, 6.07) is 7.66. The number of hydrogen-bond donors (Lipinski definition) is 2. The molecule has 8 heteroatoms. The van der Waals surface area contributed by atoms with Crippen LogP contribution in [0.25, 0.3) is 0 Å². The third kappa shape index (κ3) is 3.59. The maximum absolute atomic E-state index is 13.0. The third-order valence-corrected chi connectivity index (χ3v) is 6.13. The lowest BCUT2D eigenvalue weighted by Gasteiger charge is -2.34. The first-order valence-electron chi connectivity index (χ1n) is 10.1. The number of para-hydroxylation sites is 1. The normalized spacial score (nSPS) is 24.9. The van der Waals surface area contributed by atoms with Crippen LogP contribution >= 0.6 is 0 Å². The zero-order valence-electron chi connectivity index (χ0n) is 16.6. The molecule has 3 aliphatic rings. The molecular weight excluding hydrogens is 374 g/mol. The van der Waals surface area contributed by atoms with Crippen molar-refractivity contribution in [2.24, 2.45) is 0 Å². The molecule has 0 bridgehead atoms. The summed E-state index contributed by atoms with van der Waals surface area (Å²) < 4.78 is 0. The van der Waals surface area contributed by atoms with Crippen molar-refractivity contribution >= 4 is 29.9 Å². The number of benzene rings is 1. The minimum Gasteiger partial charge on any atom is -0.483 e. The number of nitrogens with one attached hydrogen (secondary N) is 1. The standard InChI is InChI=1S/C20H25N3O3.CH2O2/c1-2-6-16-20(14-7-3-4-8-15(14)21-19(20)26)10-12-23(16)18(25)13-22-11-5-9-17(22)24;2-1-3/h3-4,7-8,16H,2,5-6,9-13H2,1H3,(H,21,26);1H,(H,2,3)/t16-,20-;/m0./s1. The van der Waals surface area contributed by atoms with Gasteiger partial charge in [-0.1, -0.05) is 31.5 Å². The second-order valence-electron chi connectivity index (χ2n) is 7.64. The molecule has 156 valence electrons. The van der Waals surface area contributed by atoms with Gasteiger partial charge in [0.1, 0.15) is 0 Å². The first kappa shape index (κ1) is 20.8. The Kier molecular flexibility index (Phi) is 6.20. The Morgan fingerprint density at radius 2 is 2.03 bits per heavy atom. The highest BCUT2D eigenvalue weighted by atomic mass is 16.3. The van der Waals surface area contributed by atoms with E-state index in [1.807, 2.05) is 29.2 Å². The Morgan fingerprint density at radius 1 is 1.31 bits per heavy atom. The minimum absolute atomic E-state index is 0.00435. The molecule has 0 aromatic heterocycles. The van der Waals surface area contributed by atoms with Gasteiger partial charge in [0.05, 0.1) is 18.0 Å². The maximum atomic E-state index is 13.0. The second-order valence-corrected chi connectivity index (χ2v) is 7.64. The van der Waals surface area contributed by atoms with Gasteiger partial charge in [-0.25, -0.2) is 0 Å². The molecule has 2 atom stereocenters. The molecule has 8 nitrogen and oxygen atoms in total. The lowest BCUT2D eigenvalue weighted by atomic mass is 9.73.